The van der Waals surface area contributed by atoms with Crippen molar-refractivity contribution in [3.05, 3.63) is 144 Å². The summed E-state index contributed by atoms with van der Waals surface area (Å²) in [7, 11) is 0. The van der Waals surface area contributed by atoms with Crippen molar-refractivity contribution in [3.8, 4) is 0 Å². The molecule has 0 unspecified atom stereocenters. The van der Waals surface area contributed by atoms with Gasteiger partial charge in [0, 0.05) is 6.42 Å². The summed E-state index contributed by atoms with van der Waals surface area (Å²) in [4.78, 5) is 13.5. The van der Waals surface area contributed by atoms with Gasteiger partial charge in [-0.2, -0.15) is 0 Å². The number of aliphatic hydroxyl groups is 2. The smallest absolute Gasteiger partial charge is 0.168 e. The van der Waals surface area contributed by atoms with Crippen LogP contribution in [0.25, 0.3) is 0 Å². The standard InChI is InChI=1S/C34H36O6/c35-30(21-26-13-5-1-6-14-26)33(39-23-28-17-9-3-10-18-28)32(37)34(40-24-29-19-11-4-12-20-29)31(36)25-38-22-27-15-7-2-8-16-27/h1-20,31-34,36-37H,21-25H2/t31-,32-,33+,34-/m1/s1. The Bertz CT molecular complexity index is 1250. The molecule has 0 fully saturated rings. The van der Waals surface area contributed by atoms with Gasteiger partial charge < -0.3 is 24.4 Å². The van der Waals surface area contributed by atoms with Gasteiger partial charge in [-0.25, -0.2) is 0 Å². The second kappa shape index (κ2) is 15.8. The summed E-state index contributed by atoms with van der Waals surface area (Å²) in [5, 5.41) is 22.7. The second-order valence-electron chi connectivity index (χ2n) is 9.67. The number of rotatable bonds is 16. The van der Waals surface area contributed by atoms with Crippen LogP contribution in [-0.4, -0.2) is 47.0 Å². The van der Waals surface area contributed by atoms with Crippen LogP contribution in [0.15, 0.2) is 121 Å². The van der Waals surface area contributed by atoms with E-state index >= 15 is 0 Å². The van der Waals surface area contributed by atoms with E-state index in [-0.39, 0.29) is 32.0 Å². The Kier molecular flexibility index (Phi) is 11.6. The summed E-state index contributed by atoms with van der Waals surface area (Å²) in [5.74, 6) is -0.305. The molecule has 4 aromatic carbocycles. The normalized spacial score (nSPS) is 14.2. The quantitative estimate of drug-likeness (QED) is 0.210. The maximum atomic E-state index is 13.5. The van der Waals surface area contributed by atoms with Crippen LogP contribution in [0.3, 0.4) is 0 Å². The zero-order valence-electron chi connectivity index (χ0n) is 22.4. The van der Waals surface area contributed by atoms with E-state index in [0.717, 1.165) is 22.3 Å². The molecule has 0 radical (unpaired) electrons. The lowest BCUT2D eigenvalue weighted by molar-refractivity contribution is -0.173. The summed E-state index contributed by atoms with van der Waals surface area (Å²) >= 11 is 0. The van der Waals surface area contributed by atoms with Gasteiger partial charge in [0.05, 0.1) is 26.4 Å². The Morgan fingerprint density at radius 1 is 0.575 bits per heavy atom. The van der Waals surface area contributed by atoms with E-state index in [9.17, 15) is 15.0 Å². The number of benzene rings is 4. The first kappa shape index (κ1) is 29.3. The molecule has 0 saturated carbocycles. The number of aliphatic hydroxyl groups excluding tert-OH is 2. The number of carbonyl (C=O) groups excluding carboxylic acids is 1. The number of Topliss-reactive ketones (excluding diaryl/α,β-unsaturated/α-hetero) is 1. The highest BCUT2D eigenvalue weighted by Crippen LogP contribution is 2.19. The van der Waals surface area contributed by atoms with E-state index in [2.05, 4.69) is 0 Å². The van der Waals surface area contributed by atoms with Crippen molar-refractivity contribution in [1.29, 1.82) is 0 Å². The van der Waals surface area contributed by atoms with E-state index in [1.54, 1.807) is 0 Å². The molecule has 208 valence electrons. The van der Waals surface area contributed by atoms with E-state index in [4.69, 9.17) is 14.2 Å². The van der Waals surface area contributed by atoms with Crippen molar-refractivity contribution in [2.24, 2.45) is 0 Å². The van der Waals surface area contributed by atoms with Crippen LogP contribution >= 0.6 is 0 Å². The van der Waals surface area contributed by atoms with Crippen molar-refractivity contribution in [2.45, 2.75) is 50.7 Å². The Balaban J connectivity index is 1.51. The molecular weight excluding hydrogens is 504 g/mol. The fourth-order valence-electron chi connectivity index (χ4n) is 4.38. The molecule has 6 nitrogen and oxygen atoms in total. The maximum absolute atomic E-state index is 13.5. The van der Waals surface area contributed by atoms with Gasteiger partial charge in [0.2, 0.25) is 0 Å². The van der Waals surface area contributed by atoms with E-state index in [0.29, 0.717) is 6.61 Å². The number of hydrogen-bond acceptors (Lipinski definition) is 6. The highest BCUT2D eigenvalue weighted by Gasteiger charge is 2.38. The zero-order valence-corrected chi connectivity index (χ0v) is 22.4. The van der Waals surface area contributed by atoms with Crippen LogP contribution < -0.4 is 0 Å². The average Bonchev–Trinajstić information content (AvgIpc) is 2.99. The Morgan fingerprint density at radius 2 is 1.00 bits per heavy atom. The predicted octanol–water partition coefficient (Wildman–Crippen LogP) is 4.91. The number of carbonyl (C=O) groups is 1. The number of ether oxygens (including phenoxy) is 3. The molecule has 6 heteroatoms. The molecule has 4 rings (SSSR count). The van der Waals surface area contributed by atoms with Crippen LogP contribution in [0, 0.1) is 0 Å². The highest BCUT2D eigenvalue weighted by atomic mass is 16.5. The Labute approximate surface area is 235 Å². The molecule has 0 amide bonds. The van der Waals surface area contributed by atoms with Crippen LogP contribution in [0.1, 0.15) is 22.3 Å². The van der Waals surface area contributed by atoms with Gasteiger partial charge in [-0.3, -0.25) is 4.79 Å². The lowest BCUT2D eigenvalue weighted by Gasteiger charge is -2.32. The monoisotopic (exact) mass is 540 g/mol. The molecule has 0 saturated heterocycles. The minimum Gasteiger partial charge on any atom is -0.388 e. The third-order valence-corrected chi connectivity index (χ3v) is 6.52. The SMILES string of the molecule is O=C(Cc1ccccc1)[C@H](OCc1ccccc1)[C@@H](O)[C@H](OCc1ccccc1)[C@H](O)COCc1ccccc1. The largest absolute Gasteiger partial charge is 0.388 e. The Hall–Kier alpha value is -3.65. The fraction of sp³-hybridized carbons (Fsp3) is 0.265. The van der Waals surface area contributed by atoms with E-state index in [1.807, 2.05) is 121 Å². The molecule has 0 heterocycles. The van der Waals surface area contributed by atoms with Gasteiger partial charge in [0.25, 0.3) is 0 Å². The fourth-order valence-corrected chi connectivity index (χ4v) is 4.38. The van der Waals surface area contributed by atoms with E-state index < -0.39 is 24.4 Å². The lowest BCUT2D eigenvalue weighted by Crippen LogP contribution is -2.51. The van der Waals surface area contributed by atoms with Crippen molar-refractivity contribution in [2.75, 3.05) is 6.61 Å². The summed E-state index contributed by atoms with van der Waals surface area (Å²) < 4.78 is 17.9. The third-order valence-electron chi connectivity index (χ3n) is 6.52. The number of ketones is 1. The third kappa shape index (κ3) is 9.23. The van der Waals surface area contributed by atoms with Crippen LogP contribution in [-0.2, 0) is 45.2 Å². The molecule has 0 bridgehead atoms. The number of hydrogen-bond donors (Lipinski definition) is 2. The predicted molar refractivity (Wildman–Crippen MR) is 153 cm³/mol. The lowest BCUT2D eigenvalue weighted by atomic mass is 9.96. The summed E-state index contributed by atoms with van der Waals surface area (Å²) in [6.07, 6.45) is -4.96. The van der Waals surface area contributed by atoms with E-state index in [1.165, 1.54) is 0 Å². The topological polar surface area (TPSA) is 85.2 Å². The molecule has 0 aromatic heterocycles. The first-order valence-electron chi connectivity index (χ1n) is 13.5. The first-order chi connectivity index (χ1) is 19.6. The van der Waals surface area contributed by atoms with Gasteiger partial charge in [-0.15, -0.1) is 0 Å². The molecule has 40 heavy (non-hydrogen) atoms. The molecule has 4 aromatic rings. The zero-order chi connectivity index (χ0) is 28.0. The van der Waals surface area contributed by atoms with Crippen molar-refractivity contribution < 1.29 is 29.2 Å². The maximum Gasteiger partial charge on any atom is 0.168 e. The van der Waals surface area contributed by atoms with Crippen molar-refractivity contribution >= 4 is 5.78 Å². The van der Waals surface area contributed by atoms with Gasteiger partial charge >= 0.3 is 0 Å². The van der Waals surface area contributed by atoms with Gasteiger partial charge in [-0.05, 0) is 22.3 Å². The highest BCUT2D eigenvalue weighted by molar-refractivity contribution is 5.86. The van der Waals surface area contributed by atoms with Crippen molar-refractivity contribution in [3.63, 3.8) is 0 Å². The molecule has 4 atom stereocenters. The van der Waals surface area contributed by atoms with Gasteiger partial charge in [0.15, 0.2) is 5.78 Å². The van der Waals surface area contributed by atoms with Crippen molar-refractivity contribution in [1.82, 2.24) is 0 Å². The van der Waals surface area contributed by atoms with Gasteiger partial charge in [0.1, 0.15) is 24.4 Å². The molecule has 0 aliphatic carbocycles. The first-order valence-corrected chi connectivity index (χ1v) is 13.5. The average molecular weight is 541 g/mol. The minimum atomic E-state index is -1.45. The molecular formula is C34H36O6. The molecule has 0 spiro atoms. The second-order valence-corrected chi connectivity index (χ2v) is 9.67. The summed E-state index contributed by atoms with van der Waals surface area (Å²) in [6.45, 7) is 0.454. The van der Waals surface area contributed by atoms with Crippen LogP contribution in [0.2, 0.25) is 0 Å². The summed E-state index contributed by atoms with van der Waals surface area (Å²) in [5.41, 5.74) is 3.50. The molecule has 2 N–H and O–H groups in total. The van der Waals surface area contributed by atoms with Crippen LogP contribution in [0.5, 0.6) is 0 Å². The molecule has 0 aliphatic rings. The summed E-state index contributed by atoms with van der Waals surface area (Å²) in [6, 6.07) is 37.8. The van der Waals surface area contributed by atoms with Crippen LogP contribution in [0.4, 0.5) is 0 Å². The minimum absolute atomic E-state index is 0.0728. The Morgan fingerprint density at radius 3 is 1.50 bits per heavy atom. The molecule has 0 aliphatic heterocycles. The van der Waals surface area contributed by atoms with Gasteiger partial charge in [-0.1, -0.05) is 121 Å².